The van der Waals surface area contributed by atoms with Gasteiger partial charge in [0, 0.05) is 19.8 Å². The first kappa shape index (κ1) is 14.7. The Balaban J connectivity index is 2.06. The summed E-state index contributed by atoms with van der Waals surface area (Å²) < 4.78 is 28.4. The van der Waals surface area contributed by atoms with Crippen LogP contribution in [0.25, 0.3) is 0 Å². The topological polar surface area (TPSA) is 90.0 Å². The van der Waals surface area contributed by atoms with Gasteiger partial charge in [-0.2, -0.15) is 5.10 Å². The van der Waals surface area contributed by atoms with Crippen molar-refractivity contribution in [2.75, 3.05) is 0 Å². The summed E-state index contributed by atoms with van der Waals surface area (Å²) in [5, 5.41) is 3.99. The van der Waals surface area contributed by atoms with Crippen LogP contribution >= 0.6 is 0 Å². The number of rotatable bonds is 6. The molecule has 0 amide bonds. The average Bonchev–Trinajstić information content (AvgIpc) is 2.82. The molecule has 0 radical (unpaired) electrons. The Morgan fingerprint density at radius 2 is 1.95 bits per heavy atom. The minimum Gasteiger partial charge on any atom is -0.326 e. The van der Waals surface area contributed by atoms with E-state index in [0.717, 1.165) is 16.8 Å². The monoisotopic (exact) mass is 294 g/mol. The third-order valence-corrected chi connectivity index (χ3v) is 4.35. The summed E-state index contributed by atoms with van der Waals surface area (Å²) in [6.07, 6.45) is 1.63. The van der Waals surface area contributed by atoms with Crippen molar-refractivity contribution in [2.45, 2.75) is 18.8 Å². The average molecular weight is 294 g/mol. The maximum Gasteiger partial charge on any atom is 0.216 e. The lowest BCUT2D eigenvalue weighted by atomic mass is 10.1. The lowest BCUT2D eigenvalue weighted by Gasteiger charge is -2.10. The van der Waals surface area contributed by atoms with E-state index in [1.54, 1.807) is 30.1 Å². The molecule has 0 bridgehead atoms. The second-order valence-electron chi connectivity index (χ2n) is 4.50. The molecule has 0 aliphatic heterocycles. The van der Waals surface area contributed by atoms with E-state index in [4.69, 9.17) is 5.73 Å². The normalized spacial score (nSPS) is 11.7. The van der Waals surface area contributed by atoms with Crippen LogP contribution in [-0.2, 0) is 35.9 Å². The minimum atomic E-state index is -3.41. The molecule has 1 aromatic heterocycles. The Bertz CT molecular complexity index is 679. The molecule has 1 heterocycles. The first-order chi connectivity index (χ1) is 9.52. The van der Waals surface area contributed by atoms with Crippen molar-refractivity contribution in [1.82, 2.24) is 14.5 Å². The summed E-state index contributed by atoms with van der Waals surface area (Å²) in [6.45, 7) is 0.553. The molecular weight excluding hydrogens is 276 g/mol. The van der Waals surface area contributed by atoms with Crippen LogP contribution in [0.5, 0.6) is 0 Å². The van der Waals surface area contributed by atoms with Crippen molar-refractivity contribution in [1.29, 1.82) is 0 Å². The standard InChI is InChI=1S/C13H18N4O2S/c1-17-13(6-7-15-17)9-16-20(18,19)10-12-5-3-2-4-11(12)8-14/h2-7,16H,8-10,14H2,1H3. The van der Waals surface area contributed by atoms with E-state index in [1.165, 1.54) is 0 Å². The summed E-state index contributed by atoms with van der Waals surface area (Å²) in [6, 6.07) is 9.06. The van der Waals surface area contributed by atoms with Gasteiger partial charge in [0.2, 0.25) is 10.0 Å². The zero-order chi connectivity index (χ0) is 14.6. The van der Waals surface area contributed by atoms with Gasteiger partial charge in [-0.1, -0.05) is 24.3 Å². The van der Waals surface area contributed by atoms with E-state index in [2.05, 4.69) is 9.82 Å². The smallest absolute Gasteiger partial charge is 0.216 e. The van der Waals surface area contributed by atoms with Crippen LogP contribution in [0.4, 0.5) is 0 Å². The molecule has 0 saturated heterocycles. The SMILES string of the molecule is Cn1nccc1CNS(=O)(=O)Cc1ccccc1CN. The number of hydrogen-bond acceptors (Lipinski definition) is 4. The van der Waals surface area contributed by atoms with Crippen LogP contribution in [-0.4, -0.2) is 18.2 Å². The molecule has 0 aliphatic carbocycles. The van der Waals surface area contributed by atoms with Gasteiger partial charge >= 0.3 is 0 Å². The van der Waals surface area contributed by atoms with Crippen molar-refractivity contribution in [3.05, 3.63) is 53.3 Å². The van der Waals surface area contributed by atoms with Crippen molar-refractivity contribution in [2.24, 2.45) is 12.8 Å². The number of aryl methyl sites for hydroxylation is 1. The van der Waals surface area contributed by atoms with Gasteiger partial charge in [0.1, 0.15) is 0 Å². The largest absolute Gasteiger partial charge is 0.326 e. The van der Waals surface area contributed by atoms with E-state index in [1.807, 2.05) is 18.2 Å². The molecule has 0 atom stereocenters. The Morgan fingerprint density at radius 1 is 1.25 bits per heavy atom. The summed E-state index contributed by atoms with van der Waals surface area (Å²) >= 11 is 0. The lowest BCUT2D eigenvalue weighted by Crippen LogP contribution is -2.26. The third-order valence-electron chi connectivity index (χ3n) is 3.08. The van der Waals surface area contributed by atoms with Gasteiger partial charge in [0.25, 0.3) is 0 Å². The second-order valence-corrected chi connectivity index (χ2v) is 6.31. The molecule has 108 valence electrons. The van der Waals surface area contributed by atoms with Crippen LogP contribution in [0.15, 0.2) is 36.5 Å². The molecule has 7 heteroatoms. The molecule has 0 unspecified atom stereocenters. The maximum absolute atomic E-state index is 12.1. The van der Waals surface area contributed by atoms with E-state index in [9.17, 15) is 8.42 Å². The molecule has 0 spiro atoms. The summed E-state index contributed by atoms with van der Waals surface area (Å²) in [5.74, 6) is -0.0712. The highest BCUT2D eigenvalue weighted by Gasteiger charge is 2.14. The fraction of sp³-hybridized carbons (Fsp3) is 0.308. The molecule has 0 saturated carbocycles. The van der Waals surface area contributed by atoms with Gasteiger partial charge in [0.05, 0.1) is 18.0 Å². The molecule has 1 aromatic carbocycles. The summed E-state index contributed by atoms with van der Waals surface area (Å²) in [7, 11) is -1.64. The van der Waals surface area contributed by atoms with Crippen LogP contribution in [0.2, 0.25) is 0 Å². The van der Waals surface area contributed by atoms with Crippen molar-refractivity contribution < 1.29 is 8.42 Å². The Hall–Kier alpha value is -1.70. The van der Waals surface area contributed by atoms with Crippen LogP contribution in [0.1, 0.15) is 16.8 Å². The van der Waals surface area contributed by atoms with Crippen molar-refractivity contribution in [3.63, 3.8) is 0 Å². The maximum atomic E-state index is 12.1. The molecule has 0 fully saturated rings. The summed E-state index contributed by atoms with van der Waals surface area (Å²) in [5.41, 5.74) is 7.99. The highest BCUT2D eigenvalue weighted by Crippen LogP contribution is 2.11. The number of nitrogens with two attached hydrogens (primary N) is 1. The first-order valence-electron chi connectivity index (χ1n) is 6.23. The number of sulfonamides is 1. The van der Waals surface area contributed by atoms with Gasteiger partial charge < -0.3 is 5.73 Å². The number of aromatic nitrogens is 2. The van der Waals surface area contributed by atoms with E-state index in [0.29, 0.717) is 6.54 Å². The number of hydrogen-bond donors (Lipinski definition) is 2. The minimum absolute atomic E-state index is 0.0712. The quantitative estimate of drug-likeness (QED) is 0.811. The van der Waals surface area contributed by atoms with Gasteiger partial charge in [0.15, 0.2) is 0 Å². The Kier molecular flexibility index (Phi) is 4.53. The molecule has 6 nitrogen and oxygen atoms in total. The Morgan fingerprint density at radius 3 is 2.55 bits per heavy atom. The van der Waals surface area contributed by atoms with E-state index in [-0.39, 0.29) is 12.3 Å². The zero-order valence-electron chi connectivity index (χ0n) is 11.3. The second kappa shape index (κ2) is 6.17. The van der Waals surface area contributed by atoms with E-state index >= 15 is 0 Å². The predicted molar refractivity (Wildman–Crippen MR) is 77.0 cm³/mol. The van der Waals surface area contributed by atoms with Gasteiger partial charge in [-0.3, -0.25) is 4.68 Å². The van der Waals surface area contributed by atoms with Crippen molar-refractivity contribution in [3.8, 4) is 0 Å². The van der Waals surface area contributed by atoms with E-state index < -0.39 is 10.0 Å². The number of nitrogens with zero attached hydrogens (tertiary/aromatic N) is 2. The molecule has 3 N–H and O–H groups in total. The lowest BCUT2D eigenvalue weighted by molar-refractivity contribution is 0.576. The molecule has 2 rings (SSSR count). The van der Waals surface area contributed by atoms with Gasteiger partial charge in [-0.25, -0.2) is 13.1 Å². The molecule has 2 aromatic rings. The highest BCUT2D eigenvalue weighted by atomic mass is 32.2. The molecular formula is C13H18N4O2S. The number of benzene rings is 1. The molecule has 0 aliphatic rings. The predicted octanol–water partition coefficient (Wildman–Crippen LogP) is 0.498. The van der Waals surface area contributed by atoms with Gasteiger partial charge in [-0.15, -0.1) is 0 Å². The fourth-order valence-corrected chi connectivity index (χ4v) is 3.07. The van der Waals surface area contributed by atoms with Crippen LogP contribution in [0.3, 0.4) is 0 Å². The molecule has 20 heavy (non-hydrogen) atoms. The van der Waals surface area contributed by atoms with Gasteiger partial charge in [-0.05, 0) is 17.2 Å². The fourth-order valence-electron chi connectivity index (χ4n) is 1.91. The Labute approximate surface area is 118 Å². The zero-order valence-corrected chi connectivity index (χ0v) is 12.1. The summed E-state index contributed by atoms with van der Waals surface area (Å²) in [4.78, 5) is 0. The van der Waals surface area contributed by atoms with Crippen LogP contribution < -0.4 is 10.5 Å². The first-order valence-corrected chi connectivity index (χ1v) is 7.88. The van der Waals surface area contributed by atoms with Crippen molar-refractivity contribution >= 4 is 10.0 Å². The number of nitrogens with one attached hydrogen (secondary N) is 1. The third kappa shape index (κ3) is 3.66. The highest BCUT2D eigenvalue weighted by molar-refractivity contribution is 7.88. The van der Waals surface area contributed by atoms with Crippen LogP contribution in [0, 0.1) is 0 Å².